The second kappa shape index (κ2) is 9.88. The lowest BCUT2D eigenvalue weighted by atomic mass is 10.2. The molecule has 0 radical (unpaired) electrons. The molecule has 2 aromatic carbocycles. The molecule has 150 valence electrons. The van der Waals surface area contributed by atoms with Gasteiger partial charge in [0.1, 0.15) is 18.1 Å². The summed E-state index contributed by atoms with van der Waals surface area (Å²) in [5.74, 6) is 2.59. The Hall–Kier alpha value is -2.89. The predicted molar refractivity (Wildman–Crippen MR) is 107 cm³/mol. The Labute approximate surface area is 165 Å². The number of rotatable bonds is 9. The first kappa shape index (κ1) is 19.9. The van der Waals surface area contributed by atoms with Gasteiger partial charge in [0.15, 0.2) is 11.5 Å². The third kappa shape index (κ3) is 5.31. The summed E-state index contributed by atoms with van der Waals surface area (Å²) >= 11 is 0. The molecule has 1 aliphatic rings. The number of hydrogen-bond donors (Lipinski definition) is 1. The third-order valence-corrected chi connectivity index (χ3v) is 4.74. The van der Waals surface area contributed by atoms with E-state index in [1.807, 2.05) is 24.3 Å². The van der Waals surface area contributed by atoms with E-state index < -0.39 is 0 Å². The summed E-state index contributed by atoms with van der Waals surface area (Å²) in [6, 6.07) is 12.6. The van der Waals surface area contributed by atoms with Crippen LogP contribution in [0.1, 0.15) is 36.0 Å². The fraction of sp³-hybridized carbons (Fsp3) is 0.409. The second-order valence-electron chi connectivity index (χ2n) is 6.67. The maximum atomic E-state index is 12.4. The fourth-order valence-electron chi connectivity index (χ4n) is 3.20. The molecule has 1 N–H and O–H groups in total. The van der Waals surface area contributed by atoms with Crippen LogP contribution in [0.5, 0.6) is 23.0 Å². The molecular formula is C22H27NO5. The van der Waals surface area contributed by atoms with Crippen LogP contribution >= 0.6 is 0 Å². The molecule has 0 atom stereocenters. The van der Waals surface area contributed by atoms with Crippen molar-refractivity contribution in [2.45, 2.75) is 31.8 Å². The number of amides is 1. The Kier molecular flexibility index (Phi) is 7.00. The van der Waals surface area contributed by atoms with E-state index in [2.05, 4.69) is 5.32 Å². The van der Waals surface area contributed by atoms with Crippen molar-refractivity contribution in [1.82, 2.24) is 5.32 Å². The van der Waals surface area contributed by atoms with E-state index >= 15 is 0 Å². The Bertz CT molecular complexity index is 769. The molecule has 3 rings (SSSR count). The highest BCUT2D eigenvalue weighted by molar-refractivity contribution is 5.94. The summed E-state index contributed by atoms with van der Waals surface area (Å²) in [6.07, 6.45) is 4.78. The van der Waals surface area contributed by atoms with E-state index in [4.69, 9.17) is 18.9 Å². The Balaban J connectivity index is 1.49. The number of ether oxygens (including phenoxy) is 4. The maximum Gasteiger partial charge on any atom is 0.251 e. The van der Waals surface area contributed by atoms with Gasteiger partial charge < -0.3 is 24.3 Å². The Morgan fingerprint density at radius 1 is 0.964 bits per heavy atom. The monoisotopic (exact) mass is 385 g/mol. The van der Waals surface area contributed by atoms with Crippen LogP contribution in [-0.4, -0.2) is 39.4 Å². The standard InChI is InChI=1S/C22H27NO5/c1-25-17-8-10-18(11-9-17)27-14-13-23-22(24)16-7-12-20(21(15-16)26-2)28-19-5-3-4-6-19/h7-12,15,19H,3-6,13-14H2,1-2H3,(H,23,24). The van der Waals surface area contributed by atoms with Gasteiger partial charge in [0.25, 0.3) is 5.91 Å². The molecule has 2 aromatic rings. The van der Waals surface area contributed by atoms with Crippen LogP contribution in [-0.2, 0) is 0 Å². The van der Waals surface area contributed by atoms with E-state index in [1.165, 1.54) is 12.8 Å². The van der Waals surface area contributed by atoms with Gasteiger partial charge in [-0.3, -0.25) is 4.79 Å². The molecule has 0 aromatic heterocycles. The van der Waals surface area contributed by atoms with Crippen LogP contribution in [0.2, 0.25) is 0 Å². The first-order valence-corrected chi connectivity index (χ1v) is 9.59. The van der Waals surface area contributed by atoms with E-state index in [1.54, 1.807) is 32.4 Å². The van der Waals surface area contributed by atoms with E-state index in [9.17, 15) is 4.79 Å². The summed E-state index contributed by atoms with van der Waals surface area (Å²) in [7, 11) is 3.20. The zero-order valence-corrected chi connectivity index (χ0v) is 16.4. The van der Waals surface area contributed by atoms with E-state index in [0.29, 0.717) is 30.2 Å². The van der Waals surface area contributed by atoms with E-state index in [0.717, 1.165) is 24.3 Å². The number of nitrogens with one attached hydrogen (secondary N) is 1. The first-order valence-electron chi connectivity index (χ1n) is 9.59. The zero-order valence-electron chi connectivity index (χ0n) is 16.4. The molecule has 0 heterocycles. The van der Waals surface area contributed by atoms with Gasteiger partial charge in [-0.05, 0) is 68.1 Å². The van der Waals surface area contributed by atoms with Crippen LogP contribution in [0.4, 0.5) is 0 Å². The number of hydrogen-bond acceptors (Lipinski definition) is 5. The van der Waals surface area contributed by atoms with Crippen molar-refractivity contribution in [2.24, 2.45) is 0 Å². The summed E-state index contributed by atoms with van der Waals surface area (Å²) in [5.41, 5.74) is 0.528. The van der Waals surface area contributed by atoms with Crippen molar-refractivity contribution < 1.29 is 23.7 Å². The van der Waals surface area contributed by atoms with Gasteiger partial charge in [-0.25, -0.2) is 0 Å². The Morgan fingerprint density at radius 3 is 2.36 bits per heavy atom. The highest BCUT2D eigenvalue weighted by atomic mass is 16.5. The van der Waals surface area contributed by atoms with Gasteiger partial charge >= 0.3 is 0 Å². The van der Waals surface area contributed by atoms with Gasteiger partial charge in [-0.1, -0.05) is 0 Å². The second-order valence-corrected chi connectivity index (χ2v) is 6.67. The topological polar surface area (TPSA) is 66.0 Å². The highest BCUT2D eigenvalue weighted by Crippen LogP contribution is 2.32. The van der Waals surface area contributed by atoms with Crippen LogP contribution in [0.15, 0.2) is 42.5 Å². The van der Waals surface area contributed by atoms with Crippen molar-refractivity contribution in [2.75, 3.05) is 27.4 Å². The quantitative estimate of drug-likeness (QED) is 0.665. The van der Waals surface area contributed by atoms with Crippen molar-refractivity contribution in [3.63, 3.8) is 0 Å². The van der Waals surface area contributed by atoms with Crippen molar-refractivity contribution in [1.29, 1.82) is 0 Å². The lowest BCUT2D eigenvalue weighted by molar-refractivity contribution is 0.0946. The number of carbonyl (C=O) groups is 1. The average molecular weight is 385 g/mol. The molecule has 28 heavy (non-hydrogen) atoms. The van der Waals surface area contributed by atoms with Gasteiger partial charge in [0.05, 0.1) is 26.9 Å². The molecule has 0 bridgehead atoms. The molecule has 0 aliphatic heterocycles. The molecule has 6 nitrogen and oxygen atoms in total. The summed E-state index contributed by atoms with van der Waals surface area (Å²) < 4.78 is 22.1. The molecule has 1 aliphatic carbocycles. The SMILES string of the molecule is COc1ccc(OCCNC(=O)c2ccc(OC3CCCC3)c(OC)c2)cc1. The lowest BCUT2D eigenvalue weighted by Crippen LogP contribution is -2.28. The smallest absolute Gasteiger partial charge is 0.251 e. The molecule has 0 spiro atoms. The van der Waals surface area contributed by atoms with Gasteiger partial charge in [-0.2, -0.15) is 0 Å². The minimum atomic E-state index is -0.177. The van der Waals surface area contributed by atoms with E-state index in [-0.39, 0.29) is 12.0 Å². The maximum absolute atomic E-state index is 12.4. The van der Waals surface area contributed by atoms with Crippen LogP contribution in [0.3, 0.4) is 0 Å². The normalized spacial score (nSPS) is 13.8. The van der Waals surface area contributed by atoms with Crippen molar-refractivity contribution in [3.8, 4) is 23.0 Å². The number of methoxy groups -OCH3 is 2. The Morgan fingerprint density at radius 2 is 1.68 bits per heavy atom. The molecule has 0 saturated heterocycles. The fourth-order valence-corrected chi connectivity index (χ4v) is 3.20. The summed E-state index contributed by atoms with van der Waals surface area (Å²) in [6.45, 7) is 0.769. The minimum absolute atomic E-state index is 0.177. The van der Waals surface area contributed by atoms with Gasteiger partial charge in [0, 0.05) is 5.56 Å². The van der Waals surface area contributed by atoms with Crippen LogP contribution < -0.4 is 24.3 Å². The molecule has 1 fully saturated rings. The molecule has 6 heteroatoms. The average Bonchev–Trinajstić information content (AvgIpc) is 3.25. The first-order chi connectivity index (χ1) is 13.7. The zero-order chi connectivity index (χ0) is 19.8. The summed E-state index contributed by atoms with van der Waals surface area (Å²) in [4.78, 5) is 12.4. The molecule has 0 unspecified atom stereocenters. The summed E-state index contributed by atoms with van der Waals surface area (Å²) in [5, 5.41) is 2.85. The number of benzene rings is 2. The lowest BCUT2D eigenvalue weighted by Gasteiger charge is -2.16. The van der Waals surface area contributed by atoms with Gasteiger partial charge in [-0.15, -0.1) is 0 Å². The third-order valence-electron chi connectivity index (χ3n) is 4.74. The van der Waals surface area contributed by atoms with Gasteiger partial charge in [0.2, 0.25) is 0 Å². The molecule has 1 amide bonds. The largest absolute Gasteiger partial charge is 0.497 e. The van der Waals surface area contributed by atoms with Crippen LogP contribution in [0.25, 0.3) is 0 Å². The number of carbonyl (C=O) groups excluding carboxylic acids is 1. The highest BCUT2D eigenvalue weighted by Gasteiger charge is 2.19. The minimum Gasteiger partial charge on any atom is -0.497 e. The predicted octanol–water partition coefficient (Wildman–Crippen LogP) is 3.83. The molecule has 1 saturated carbocycles. The van der Waals surface area contributed by atoms with Crippen molar-refractivity contribution >= 4 is 5.91 Å². The van der Waals surface area contributed by atoms with Crippen LogP contribution in [0, 0.1) is 0 Å². The molecular weight excluding hydrogens is 358 g/mol. The van der Waals surface area contributed by atoms with Crippen molar-refractivity contribution in [3.05, 3.63) is 48.0 Å².